The lowest BCUT2D eigenvalue weighted by atomic mass is 10.5. The van der Waals surface area contributed by atoms with Gasteiger partial charge in [0.2, 0.25) is 5.69 Å². The van der Waals surface area contributed by atoms with E-state index in [1.165, 1.54) is 0 Å². The van der Waals surface area contributed by atoms with Crippen molar-refractivity contribution in [1.29, 1.82) is 0 Å². The monoisotopic (exact) mass is 157 g/mol. The van der Waals surface area contributed by atoms with Crippen LogP contribution in [0.1, 0.15) is 10.5 Å². The van der Waals surface area contributed by atoms with Crippen LogP contribution in [-0.4, -0.2) is 26.3 Å². The van der Waals surface area contributed by atoms with E-state index in [1.54, 1.807) is 0 Å². The Balaban J connectivity index is 3.15. The summed E-state index contributed by atoms with van der Waals surface area (Å²) in [5, 5.41) is 15.0. The normalized spacial score (nSPS) is 9.30. The number of carboxylic acids is 1. The minimum atomic E-state index is -1.18. The molecule has 0 aliphatic rings. The van der Waals surface area contributed by atoms with Gasteiger partial charge in [0, 0.05) is 0 Å². The number of thiol groups is 1. The SMILES string of the molecule is O=C(O)c1nncnc1S. The Kier molecular flexibility index (Phi) is 1.81. The molecule has 1 heterocycles. The van der Waals surface area contributed by atoms with Crippen molar-refractivity contribution in [3.8, 4) is 0 Å². The van der Waals surface area contributed by atoms with E-state index in [4.69, 9.17) is 5.11 Å². The van der Waals surface area contributed by atoms with Crippen LogP contribution in [0.2, 0.25) is 0 Å². The van der Waals surface area contributed by atoms with Gasteiger partial charge in [-0.1, -0.05) is 0 Å². The Hall–Kier alpha value is -1.17. The van der Waals surface area contributed by atoms with Crippen molar-refractivity contribution in [1.82, 2.24) is 15.2 Å². The highest BCUT2D eigenvalue weighted by Gasteiger charge is 2.09. The average molecular weight is 157 g/mol. The number of carboxylic acid groups (broad SMARTS) is 1. The van der Waals surface area contributed by atoms with Crippen molar-refractivity contribution < 1.29 is 9.90 Å². The molecule has 1 rings (SSSR count). The lowest BCUT2D eigenvalue weighted by Crippen LogP contribution is -2.04. The maximum absolute atomic E-state index is 10.2. The fourth-order valence-electron chi connectivity index (χ4n) is 0.408. The summed E-state index contributed by atoms with van der Waals surface area (Å²) in [6.07, 6.45) is 1.13. The van der Waals surface area contributed by atoms with Crippen molar-refractivity contribution in [2.75, 3.05) is 0 Å². The van der Waals surface area contributed by atoms with Crippen LogP contribution in [0.4, 0.5) is 0 Å². The first-order chi connectivity index (χ1) is 4.72. The summed E-state index contributed by atoms with van der Waals surface area (Å²) in [5.41, 5.74) is -0.231. The van der Waals surface area contributed by atoms with Crippen LogP contribution in [0.3, 0.4) is 0 Å². The van der Waals surface area contributed by atoms with E-state index in [-0.39, 0.29) is 10.7 Å². The molecule has 5 nitrogen and oxygen atoms in total. The number of hydrogen-bond acceptors (Lipinski definition) is 5. The highest BCUT2D eigenvalue weighted by Crippen LogP contribution is 2.03. The van der Waals surface area contributed by atoms with E-state index >= 15 is 0 Å². The third-order valence-corrected chi connectivity index (χ3v) is 1.13. The van der Waals surface area contributed by atoms with E-state index in [0.29, 0.717) is 0 Å². The topological polar surface area (TPSA) is 76.0 Å². The molecule has 1 aromatic rings. The smallest absolute Gasteiger partial charge is 0.359 e. The summed E-state index contributed by atoms with van der Waals surface area (Å²) >= 11 is 3.74. The summed E-state index contributed by atoms with van der Waals surface area (Å²) in [5.74, 6) is -1.18. The predicted octanol–water partition coefficient (Wildman–Crippen LogP) is -0.142. The molecule has 0 aromatic carbocycles. The second-order valence-electron chi connectivity index (χ2n) is 1.44. The Labute approximate surface area is 61.5 Å². The fraction of sp³-hybridized carbons (Fsp3) is 0. The summed E-state index contributed by atoms with van der Waals surface area (Å²) in [7, 11) is 0. The molecule has 0 amide bonds. The zero-order valence-corrected chi connectivity index (χ0v) is 5.62. The molecule has 0 fully saturated rings. The highest BCUT2D eigenvalue weighted by atomic mass is 32.1. The maximum Gasteiger partial charge on any atom is 0.359 e. The molecular formula is C4H3N3O2S. The molecule has 0 saturated heterocycles. The maximum atomic E-state index is 10.2. The minimum Gasteiger partial charge on any atom is -0.476 e. The van der Waals surface area contributed by atoms with Gasteiger partial charge in [0.05, 0.1) is 0 Å². The molecule has 0 aliphatic carbocycles. The number of nitrogens with zero attached hydrogens (tertiary/aromatic N) is 3. The Morgan fingerprint density at radius 1 is 1.70 bits per heavy atom. The molecule has 10 heavy (non-hydrogen) atoms. The van der Waals surface area contributed by atoms with E-state index in [0.717, 1.165) is 6.33 Å². The van der Waals surface area contributed by atoms with Crippen LogP contribution in [0, 0.1) is 0 Å². The molecule has 0 aliphatic heterocycles. The molecule has 1 N–H and O–H groups in total. The Morgan fingerprint density at radius 3 is 2.80 bits per heavy atom. The van der Waals surface area contributed by atoms with E-state index in [1.807, 2.05) is 0 Å². The van der Waals surface area contributed by atoms with Crippen molar-refractivity contribution in [3.05, 3.63) is 12.0 Å². The van der Waals surface area contributed by atoms with Crippen molar-refractivity contribution in [2.24, 2.45) is 0 Å². The van der Waals surface area contributed by atoms with E-state index in [2.05, 4.69) is 27.8 Å². The Morgan fingerprint density at radius 2 is 2.40 bits per heavy atom. The number of rotatable bonds is 1. The minimum absolute atomic E-state index is 0.0718. The standard InChI is InChI=1S/C4H3N3O2S/c8-4(9)2-3(10)5-1-6-7-2/h1H,(H,8,9)(H,5,6,10). The number of aromatic carboxylic acids is 1. The van der Waals surface area contributed by atoms with Crippen molar-refractivity contribution >= 4 is 18.6 Å². The first-order valence-corrected chi connectivity index (χ1v) is 2.76. The van der Waals surface area contributed by atoms with Gasteiger partial charge in [-0.3, -0.25) is 0 Å². The average Bonchev–Trinajstić information content (AvgIpc) is 1.88. The predicted molar refractivity (Wildman–Crippen MR) is 34.0 cm³/mol. The largest absolute Gasteiger partial charge is 0.476 e. The number of carbonyl (C=O) groups is 1. The quantitative estimate of drug-likeness (QED) is 0.555. The third kappa shape index (κ3) is 1.21. The van der Waals surface area contributed by atoms with Crippen molar-refractivity contribution in [3.63, 3.8) is 0 Å². The van der Waals surface area contributed by atoms with E-state index in [9.17, 15) is 4.79 Å². The molecule has 0 radical (unpaired) electrons. The number of aromatic nitrogens is 3. The summed E-state index contributed by atoms with van der Waals surface area (Å²) in [6, 6.07) is 0. The lowest BCUT2D eigenvalue weighted by molar-refractivity contribution is 0.0683. The Bertz CT molecular complexity index is 264. The lowest BCUT2D eigenvalue weighted by Gasteiger charge is -1.91. The van der Waals surface area contributed by atoms with Crippen LogP contribution in [-0.2, 0) is 0 Å². The molecule has 52 valence electrons. The molecular weight excluding hydrogens is 154 g/mol. The molecule has 0 bridgehead atoms. The summed E-state index contributed by atoms with van der Waals surface area (Å²) < 4.78 is 0. The van der Waals surface area contributed by atoms with Gasteiger partial charge in [0.1, 0.15) is 11.4 Å². The van der Waals surface area contributed by atoms with Crippen molar-refractivity contribution in [2.45, 2.75) is 5.03 Å². The third-order valence-electron chi connectivity index (χ3n) is 0.804. The van der Waals surface area contributed by atoms with Gasteiger partial charge in [0.15, 0.2) is 0 Å². The zero-order chi connectivity index (χ0) is 7.56. The van der Waals surface area contributed by atoms with Crippen LogP contribution >= 0.6 is 12.6 Å². The molecule has 0 spiro atoms. The van der Waals surface area contributed by atoms with Gasteiger partial charge >= 0.3 is 5.97 Å². The van der Waals surface area contributed by atoms with E-state index < -0.39 is 5.97 Å². The molecule has 6 heteroatoms. The van der Waals surface area contributed by atoms with Gasteiger partial charge in [-0.2, -0.15) is 0 Å². The highest BCUT2D eigenvalue weighted by molar-refractivity contribution is 7.80. The van der Waals surface area contributed by atoms with Gasteiger partial charge in [-0.15, -0.1) is 22.8 Å². The molecule has 0 unspecified atom stereocenters. The molecule has 1 aromatic heterocycles. The van der Waals surface area contributed by atoms with Gasteiger partial charge < -0.3 is 5.11 Å². The molecule has 0 atom stereocenters. The fourth-order valence-corrected chi connectivity index (χ4v) is 0.600. The summed E-state index contributed by atoms with van der Waals surface area (Å²) in [6.45, 7) is 0. The first kappa shape index (κ1) is 6.94. The zero-order valence-electron chi connectivity index (χ0n) is 4.72. The van der Waals surface area contributed by atoms with Gasteiger partial charge in [-0.25, -0.2) is 9.78 Å². The van der Waals surface area contributed by atoms with Gasteiger partial charge in [-0.05, 0) is 0 Å². The second kappa shape index (κ2) is 2.61. The van der Waals surface area contributed by atoms with Crippen LogP contribution in [0.25, 0.3) is 0 Å². The first-order valence-electron chi connectivity index (χ1n) is 2.31. The van der Waals surface area contributed by atoms with Crippen LogP contribution in [0.15, 0.2) is 11.4 Å². The molecule has 0 saturated carbocycles. The van der Waals surface area contributed by atoms with Crippen LogP contribution < -0.4 is 0 Å². The number of hydrogen-bond donors (Lipinski definition) is 2. The van der Waals surface area contributed by atoms with Crippen LogP contribution in [0.5, 0.6) is 0 Å². The van der Waals surface area contributed by atoms with Gasteiger partial charge in [0.25, 0.3) is 0 Å². The second-order valence-corrected chi connectivity index (χ2v) is 1.86. The summed E-state index contributed by atoms with van der Waals surface area (Å²) in [4.78, 5) is 13.7.